The van der Waals surface area contributed by atoms with Crippen molar-refractivity contribution in [1.29, 1.82) is 0 Å². The highest BCUT2D eigenvalue weighted by Crippen LogP contribution is 2.02. The second-order valence-corrected chi connectivity index (χ2v) is 3.66. The molecule has 1 rings (SSSR count). The van der Waals surface area contributed by atoms with Crippen molar-refractivity contribution in [3.63, 3.8) is 0 Å². The Morgan fingerprint density at radius 2 is 1.33 bits per heavy atom. The Morgan fingerprint density at radius 1 is 0.933 bits per heavy atom. The topological polar surface area (TPSA) is 180 Å². The molecule has 0 unspecified atom stereocenters. The van der Waals surface area contributed by atoms with Crippen LogP contribution in [0.2, 0.25) is 0 Å². The van der Waals surface area contributed by atoms with Gasteiger partial charge in [0.15, 0.2) is 0 Å². The quantitative estimate of drug-likeness (QED) is 0.579. The lowest BCUT2D eigenvalue weighted by Crippen LogP contribution is -2.00. The SMILES string of the molecule is O.O.O.O.O=S(=O)(O)Cc1ccccc1. The average Bonchev–Trinajstić information content (AvgIpc) is 1.85. The van der Waals surface area contributed by atoms with Crippen LogP contribution in [0.1, 0.15) is 5.56 Å². The van der Waals surface area contributed by atoms with Gasteiger partial charge in [-0.1, -0.05) is 30.3 Å². The van der Waals surface area contributed by atoms with Gasteiger partial charge in [-0.3, -0.25) is 4.55 Å². The molecule has 8 heteroatoms. The molecule has 0 radical (unpaired) electrons. The summed E-state index contributed by atoms with van der Waals surface area (Å²) in [6.45, 7) is 0. The maximum absolute atomic E-state index is 10.4. The molecule has 1 aromatic carbocycles. The van der Waals surface area contributed by atoms with Gasteiger partial charge in [-0.15, -0.1) is 0 Å². The molecule has 0 amide bonds. The highest BCUT2D eigenvalue weighted by atomic mass is 32.2. The normalized spacial score (nSPS) is 8.33. The minimum atomic E-state index is -3.88. The van der Waals surface area contributed by atoms with Crippen LogP contribution in [0.15, 0.2) is 30.3 Å². The van der Waals surface area contributed by atoms with E-state index < -0.39 is 10.1 Å². The Kier molecular flexibility index (Phi) is 15.0. The molecule has 15 heavy (non-hydrogen) atoms. The van der Waals surface area contributed by atoms with E-state index in [1.165, 1.54) is 0 Å². The van der Waals surface area contributed by atoms with Crippen LogP contribution in [0.25, 0.3) is 0 Å². The summed E-state index contributed by atoms with van der Waals surface area (Å²) < 4.78 is 29.2. The van der Waals surface area contributed by atoms with Crippen molar-refractivity contribution >= 4 is 10.1 Å². The van der Waals surface area contributed by atoms with E-state index in [-0.39, 0.29) is 27.7 Å². The van der Waals surface area contributed by atoms with Crippen LogP contribution in [-0.4, -0.2) is 34.9 Å². The van der Waals surface area contributed by atoms with Crippen LogP contribution >= 0.6 is 0 Å². The van der Waals surface area contributed by atoms with E-state index >= 15 is 0 Å². The monoisotopic (exact) mass is 244 g/mol. The highest BCUT2D eigenvalue weighted by molar-refractivity contribution is 7.85. The van der Waals surface area contributed by atoms with Crippen LogP contribution in [-0.2, 0) is 15.9 Å². The van der Waals surface area contributed by atoms with Crippen LogP contribution in [0.5, 0.6) is 0 Å². The summed E-state index contributed by atoms with van der Waals surface area (Å²) in [5, 5.41) is 0. The summed E-state index contributed by atoms with van der Waals surface area (Å²) in [4.78, 5) is 0. The molecule has 0 saturated heterocycles. The first-order chi connectivity index (χ1) is 5.08. The van der Waals surface area contributed by atoms with E-state index in [9.17, 15) is 8.42 Å². The fraction of sp³-hybridized carbons (Fsp3) is 0.143. The summed E-state index contributed by atoms with van der Waals surface area (Å²) in [6.07, 6.45) is 0. The summed E-state index contributed by atoms with van der Waals surface area (Å²) >= 11 is 0. The van der Waals surface area contributed by atoms with E-state index in [0.29, 0.717) is 5.56 Å². The third-order valence-electron chi connectivity index (χ3n) is 1.19. The predicted molar refractivity (Wildman–Crippen MR) is 56.1 cm³/mol. The molecule has 1 aromatic rings. The molecular weight excluding hydrogens is 228 g/mol. The molecule has 0 spiro atoms. The summed E-state index contributed by atoms with van der Waals surface area (Å²) in [7, 11) is -3.88. The molecular formula is C7H16O7S. The third-order valence-corrected chi connectivity index (χ3v) is 1.89. The largest absolute Gasteiger partial charge is 0.412 e. The Bertz CT molecular complexity index is 320. The lowest BCUT2D eigenvalue weighted by atomic mass is 10.2. The van der Waals surface area contributed by atoms with Crippen molar-refractivity contribution in [1.82, 2.24) is 0 Å². The van der Waals surface area contributed by atoms with Gasteiger partial charge in [-0.25, -0.2) is 0 Å². The minimum Gasteiger partial charge on any atom is -0.412 e. The Hall–Kier alpha value is -1.03. The van der Waals surface area contributed by atoms with Crippen LogP contribution < -0.4 is 0 Å². The molecule has 0 bridgehead atoms. The van der Waals surface area contributed by atoms with Gasteiger partial charge in [-0.2, -0.15) is 8.42 Å². The van der Waals surface area contributed by atoms with E-state index in [1.807, 2.05) is 0 Å². The van der Waals surface area contributed by atoms with Crippen molar-refractivity contribution in [2.45, 2.75) is 5.75 Å². The van der Waals surface area contributed by atoms with Gasteiger partial charge in [0.1, 0.15) is 5.75 Å². The average molecular weight is 244 g/mol. The first kappa shape index (κ1) is 23.6. The molecule has 0 aliphatic heterocycles. The second-order valence-electron chi connectivity index (χ2n) is 2.21. The summed E-state index contributed by atoms with van der Waals surface area (Å²) in [6, 6.07) is 8.52. The second kappa shape index (κ2) is 9.52. The van der Waals surface area contributed by atoms with E-state index in [0.717, 1.165) is 0 Å². The lowest BCUT2D eigenvalue weighted by Gasteiger charge is -1.95. The molecule has 0 saturated carbocycles. The first-order valence-electron chi connectivity index (χ1n) is 3.07. The standard InChI is InChI=1S/C7H8O3S.4H2O/c8-11(9,10)6-7-4-2-1-3-5-7;;;;/h1-5H,6H2,(H,8,9,10);4*1H2. The molecule has 0 heterocycles. The minimum absolute atomic E-state index is 0. The van der Waals surface area contributed by atoms with E-state index in [2.05, 4.69) is 0 Å². The smallest absolute Gasteiger partial charge is 0.269 e. The van der Waals surface area contributed by atoms with Crippen molar-refractivity contribution in [2.24, 2.45) is 0 Å². The number of hydrogen-bond donors (Lipinski definition) is 1. The predicted octanol–water partition coefficient (Wildman–Crippen LogP) is -2.22. The van der Waals surface area contributed by atoms with Gasteiger partial charge < -0.3 is 21.9 Å². The Morgan fingerprint density at radius 3 is 1.67 bits per heavy atom. The Labute approximate surface area is 87.3 Å². The first-order valence-corrected chi connectivity index (χ1v) is 4.68. The molecule has 0 fully saturated rings. The van der Waals surface area contributed by atoms with Gasteiger partial charge in [0.25, 0.3) is 10.1 Å². The van der Waals surface area contributed by atoms with Crippen molar-refractivity contribution < 1.29 is 34.9 Å². The molecule has 92 valence electrons. The zero-order valence-corrected chi connectivity index (χ0v) is 8.58. The lowest BCUT2D eigenvalue weighted by molar-refractivity contribution is 0.482. The maximum atomic E-state index is 10.4. The van der Waals surface area contributed by atoms with Crippen LogP contribution in [0.3, 0.4) is 0 Å². The molecule has 0 atom stereocenters. The van der Waals surface area contributed by atoms with Crippen LogP contribution in [0, 0.1) is 0 Å². The van der Waals surface area contributed by atoms with Gasteiger partial charge >= 0.3 is 0 Å². The van der Waals surface area contributed by atoms with Gasteiger partial charge in [0.05, 0.1) is 0 Å². The fourth-order valence-electron chi connectivity index (χ4n) is 0.785. The summed E-state index contributed by atoms with van der Waals surface area (Å²) in [5.74, 6) is -0.312. The van der Waals surface area contributed by atoms with Crippen LogP contribution in [0.4, 0.5) is 0 Å². The van der Waals surface area contributed by atoms with Crippen molar-refractivity contribution in [2.75, 3.05) is 0 Å². The van der Waals surface area contributed by atoms with Gasteiger partial charge in [0.2, 0.25) is 0 Å². The van der Waals surface area contributed by atoms with Crippen molar-refractivity contribution in [3.05, 3.63) is 35.9 Å². The van der Waals surface area contributed by atoms with E-state index in [4.69, 9.17) is 4.55 Å². The van der Waals surface area contributed by atoms with Gasteiger partial charge in [-0.05, 0) is 5.56 Å². The Balaban J connectivity index is -0.000000151. The molecule has 0 aromatic heterocycles. The molecule has 0 aliphatic rings. The molecule has 0 aliphatic carbocycles. The number of rotatable bonds is 2. The summed E-state index contributed by atoms with van der Waals surface area (Å²) in [5.41, 5.74) is 0.593. The maximum Gasteiger partial charge on any atom is 0.269 e. The molecule has 9 N–H and O–H groups in total. The highest BCUT2D eigenvalue weighted by Gasteiger charge is 2.04. The fourth-order valence-corrected chi connectivity index (χ4v) is 1.40. The number of benzene rings is 1. The van der Waals surface area contributed by atoms with Crippen molar-refractivity contribution in [3.8, 4) is 0 Å². The number of hydrogen-bond acceptors (Lipinski definition) is 2. The zero-order valence-electron chi connectivity index (χ0n) is 7.77. The zero-order chi connectivity index (χ0) is 8.32. The third kappa shape index (κ3) is 10.9. The molecule has 7 nitrogen and oxygen atoms in total. The van der Waals surface area contributed by atoms with Gasteiger partial charge in [0, 0.05) is 0 Å². The van der Waals surface area contributed by atoms with E-state index in [1.54, 1.807) is 30.3 Å².